The standard InChI is InChI=1S/C21H18N2O4S/c1-12-7-8-15(20(25)26)10-17(12)22-21(28)23-19(24)16-9-13-5-3-4-6-14(13)11-18(16)27-2/h3-11H,1-2H3,(H,25,26)(H2,22,23,24,28)/p-1. The minimum Gasteiger partial charge on any atom is -0.545 e. The van der Waals surface area contributed by atoms with Crippen LogP contribution < -0.4 is 20.5 Å². The van der Waals surface area contributed by atoms with E-state index in [0.29, 0.717) is 17.0 Å². The molecular formula is C21H17N2O4S-. The molecule has 0 aromatic heterocycles. The average molecular weight is 393 g/mol. The Hall–Kier alpha value is -3.45. The van der Waals surface area contributed by atoms with Crippen molar-refractivity contribution in [2.24, 2.45) is 0 Å². The number of benzene rings is 3. The van der Waals surface area contributed by atoms with E-state index in [4.69, 9.17) is 17.0 Å². The highest BCUT2D eigenvalue weighted by molar-refractivity contribution is 7.80. The summed E-state index contributed by atoms with van der Waals surface area (Å²) < 4.78 is 5.34. The second-order valence-electron chi connectivity index (χ2n) is 6.13. The summed E-state index contributed by atoms with van der Waals surface area (Å²) in [5.41, 5.74) is 1.59. The third kappa shape index (κ3) is 4.10. The number of fused-ring (bicyclic) bond motifs is 1. The number of aryl methyl sites for hydroxylation is 1. The molecule has 3 aromatic rings. The van der Waals surface area contributed by atoms with Crippen molar-refractivity contribution in [3.8, 4) is 5.75 Å². The van der Waals surface area contributed by atoms with E-state index in [1.807, 2.05) is 24.3 Å². The van der Waals surface area contributed by atoms with Crippen LogP contribution in [-0.2, 0) is 0 Å². The monoisotopic (exact) mass is 393 g/mol. The molecule has 28 heavy (non-hydrogen) atoms. The van der Waals surface area contributed by atoms with Crippen LogP contribution in [0.3, 0.4) is 0 Å². The zero-order valence-electron chi connectivity index (χ0n) is 15.2. The highest BCUT2D eigenvalue weighted by atomic mass is 32.1. The van der Waals surface area contributed by atoms with E-state index < -0.39 is 11.9 Å². The van der Waals surface area contributed by atoms with Crippen LogP contribution in [0.1, 0.15) is 26.3 Å². The quantitative estimate of drug-likeness (QED) is 0.663. The number of carboxylic acid groups (broad SMARTS) is 1. The number of hydrogen-bond donors (Lipinski definition) is 2. The molecule has 0 heterocycles. The molecule has 7 heteroatoms. The van der Waals surface area contributed by atoms with Crippen LogP contribution >= 0.6 is 12.2 Å². The van der Waals surface area contributed by atoms with Crippen molar-refractivity contribution in [2.45, 2.75) is 6.92 Å². The van der Waals surface area contributed by atoms with Gasteiger partial charge in [0, 0.05) is 5.69 Å². The molecule has 142 valence electrons. The first kappa shape index (κ1) is 19.3. The molecule has 0 saturated heterocycles. The zero-order chi connectivity index (χ0) is 20.3. The number of methoxy groups -OCH3 is 1. The summed E-state index contributed by atoms with van der Waals surface area (Å²) in [4.78, 5) is 23.7. The van der Waals surface area contributed by atoms with Gasteiger partial charge in [0.05, 0.1) is 18.6 Å². The Morgan fingerprint density at radius 3 is 2.36 bits per heavy atom. The van der Waals surface area contributed by atoms with E-state index in [2.05, 4.69) is 10.6 Å². The summed E-state index contributed by atoms with van der Waals surface area (Å²) >= 11 is 5.21. The predicted octanol–water partition coefficient (Wildman–Crippen LogP) is 2.65. The molecule has 0 aliphatic carbocycles. The SMILES string of the molecule is COc1cc2ccccc2cc1C(=O)NC(=S)Nc1cc(C(=O)[O-])ccc1C. The Balaban J connectivity index is 1.81. The number of nitrogens with one attached hydrogen (secondary N) is 2. The Labute approximate surface area is 167 Å². The topological polar surface area (TPSA) is 90.5 Å². The number of thiocarbonyl (C=S) groups is 1. The predicted molar refractivity (Wildman–Crippen MR) is 110 cm³/mol. The minimum absolute atomic E-state index is 0.0124. The van der Waals surface area contributed by atoms with Crippen molar-refractivity contribution in [1.82, 2.24) is 5.32 Å². The molecule has 6 nitrogen and oxygen atoms in total. The second kappa shape index (κ2) is 8.06. The Morgan fingerprint density at radius 2 is 1.71 bits per heavy atom. The van der Waals surface area contributed by atoms with Gasteiger partial charge in [-0.15, -0.1) is 0 Å². The normalized spacial score (nSPS) is 10.4. The largest absolute Gasteiger partial charge is 0.545 e. The summed E-state index contributed by atoms with van der Waals surface area (Å²) in [6.45, 7) is 1.79. The van der Waals surface area contributed by atoms with Crippen LogP contribution in [0.15, 0.2) is 54.6 Å². The fourth-order valence-electron chi connectivity index (χ4n) is 2.77. The van der Waals surface area contributed by atoms with Crippen molar-refractivity contribution < 1.29 is 19.4 Å². The van der Waals surface area contributed by atoms with Crippen LogP contribution in [0.5, 0.6) is 5.75 Å². The van der Waals surface area contributed by atoms with Gasteiger partial charge in [0.15, 0.2) is 5.11 Å². The van der Waals surface area contributed by atoms with E-state index in [9.17, 15) is 14.7 Å². The summed E-state index contributed by atoms with van der Waals surface area (Å²) in [7, 11) is 1.49. The van der Waals surface area contributed by atoms with Gasteiger partial charge in [-0.1, -0.05) is 36.4 Å². The molecule has 0 fully saturated rings. The molecule has 1 amide bonds. The number of aromatic carboxylic acids is 1. The van der Waals surface area contributed by atoms with Crippen LogP contribution in [0.25, 0.3) is 10.8 Å². The lowest BCUT2D eigenvalue weighted by Crippen LogP contribution is -2.34. The van der Waals surface area contributed by atoms with Crippen LogP contribution in [0.2, 0.25) is 0 Å². The number of rotatable bonds is 4. The number of anilines is 1. The summed E-state index contributed by atoms with van der Waals surface area (Å²) in [5, 5.41) is 18.4. The molecule has 0 saturated carbocycles. The smallest absolute Gasteiger partial charge is 0.261 e. The molecule has 3 rings (SSSR count). The first-order valence-electron chi connectivity index (χ1n) is 8.40. The van der Waals surface area contributed by atoms with Gasteiger partial charge in [-0.2, -0.15) is 0 Å². The molecule has 0 spiro atoms. The van der Waals surface area contributed by atoms with Crippen molar-refractivity contribution in [2.75, 3.05) is 12.4 Å². The highest BCUT2D eigenvalue weighted by Crippen LogP contribution is 2.26. The molecular weight excluding hydrogens is 376 g/mol. The van der Waals surface area contributed by atoms with E-state index in [1.165, 1.54) is 19.2 Å². The summed E-state index contributed by atoms with van der Waals surface area (Å²) in [5.74, 6) is -1.30. The maximum Gasteiger partial charge on any atom is 0.261 e. The van der Waals surface area contributed by atoms with Crippen molar-refractivity contribution >= 4 is 45.7 Å². The maximum absolute atomic E-state index is 12.7. The van der Waals surface area contributed by atoms with Crippen LogP contribution in [0.4, 0.5) is 5.69 Å². The zero-order valence-corrected chi connectivity index (χ0v) is 16.1. The third-order valence-corrected chi connectivity index (χ3v) is 4.47. The second-order valence-corrected chi connectivity index (χ2v) is 6.53. The molecule has 0 aliphatic rings. The van der Waals surface area contributed by atoms with Gasteiger partial charge in [0.1, 0.15) is 5.75 Å². The van der Waals surface area contributed by atoms with Gasteiger partial charge in [-0.3, -0.25) is 10.1 Å². The number of hydrogen-bond acceptors (Lipinski definition) is 5. The number of carbonyl (C=O) groups is 2. The van der Waals surface area contributed by atoms with Gasteiger partial charge in [0.2, 0.25) is 0 Å². The van der Waals surface area contributed by atoms with Gasteiger partial charge in [0.25, 0.3) is 5.91 Å². The van der Waals surface area contributed by atoms with Crippen molar-refractivity contribution in [3.63, 3.8) is 0 Å². The Bertz CT molecular complexity index is 1090. The highest BCUT2D eigenvalue weighted by Gasteiger charge is 2.15. The van der Waals surface area contributed by atoms with Gasteiger partial charge < -0.3 is 20.0 Å². The Kier molecular flexibility index (Phi) is 5.56. The lowest BCUT2D eigenvalue weighted by atomic mass is 10.1. The molecule has 2 N–H and O–H groups in total. The van der Waals surface area contributed by atoms with Crippen molar-refractivity contribution in [3.05, 3.63) is 71.3 Å². The first-order chi connectivity index (χ1) is 13.4. The summed E-state index contributed by atoms with van der Waals surface area (Å²) in [6.07, 6.45) is 0. The number of carboxylic acids is 1. The van der Waals surface area contributed by atoms with E-state index in [-0.39, 0.29) is 10.7 Å². The lowest BCUT2D eigenvalue weighted by Gasteiger charge is -2.15. The van der Waals surface area contributed by atoms with E-state index in [0.717, 1.165) is 16.3 Å². The Morgan fingerprint density at radius 1 is 1.04 bits per heavy atom. The molecule has 0 radical (unpaired) electrons. The average Bonchev–Trinajstić information content (AvgIpc) is 2.68. The third-order valence-electron chi connectivity index (χ3n) is 4.26. The minimum atomic E-state index is -1.29. The van der Waals surface area contributed by atoms with Gasteiger partial charge >= 0.3 is 0 Å². The van der Waals surface area contributed by atoms with Gasteiger partial charge in [-0.05, 0) is 59.2 Å². The van der Waals surface area contributed by atoms with Crippen molar-refractivity contribution in [1.29, 1.82) is 0 Å². The van der Waals surface area contributed by atoms with E-state index in [1.54, 1.807) is 25.1 Å². The first-order valence-corrected chi connectivity index (χ1v) is 8.81. The molecule has 3 aromatic carbocycles. The van der Waals surface area contributed by atoms with Crippen LogP contribution in [-0.4, -0.2) is 24.1 Å². The maximum atomic E-state index is 12.7. The van der Waals surface area contributed by atoms with Crippen LogP contribution in [0, 0.1) is 6.92 Å². The molecule has 0 atom stereocenters. The summed E-state index contributed by atoms with van der Waals surface area (Å²) in [6, 6.07) is 15.6. The fraction of sp³-hybridized carbons (Fsp3) is 0.0952. The molecule has 0 bridgehead atoms. The van der Waals surface area contributed by atoms with Gasteiger partial charge in [-0.25, -0.2) is 0 Å². The number of amides is 1. The van der Waals surface area contributed by atoms with E-state index >= 15 is 0 Å². The molecule has 0 aliphatic heterocycles. The number of ether oxygens (including phenoxy) is 1. The molecule has 0 unspecified atom stereocenters. The number of carbonyl (C=O) groups excluding carboxylic acids is 2. The lowest BCUT2D eigenvalue weighted by molar-refractivity contribution is -0.255. The fourth-order valence-corrected chi connectivity index (χ4v) is 2.98.